The maximum absolute atomic E-state index is 12.6. The first kappa shape index (κ1) is 18.5. The standard InChI is InChI=1S/C17H20ClN3O2.ClH/c1-17(2)8-13(12-7-11(19)4-5-15(12)23-17)20-16(22)14-6-10(18)9-21(14)3;/h4-7,9,13H,8,19H2,1-3H3,(H,20,22);1H. The molecule has 1 amide bonds. The summed E-state index contributed by atoms with van der Waals surface area (Å²) in [4.78, 5) is 12.6. The second-order valence-corrected chi connectivity index (χ2v) is 6.98. The van der Waals surface area contributed by atoms with Crippen molar-refractivity contribution in [3.05, 3.63) is 46.7 Å². The third-order valence-electron chi connectivity index (χ3n) is 4.00. The summed E-state index contributed by atoms with van der Waals surface area (Å²) in [5, 5.41) is 3.61. The monoisotopic (exact) mass is 369 g/mol. The number of halogens is 2. The number of nitrogens with one attached hydrogen (secondary N) is 1. The Morgan fingerprint density at radius 2 is 2.12 bits per heavy atom. The molecule has 0 radical (unpaired) electrons. The van der Waals surface area contributed by atoms with Gasteiger partial charge in [0.2, 0.25) is 0 Å². The van der Waals surface area contributed by atoms with Gasteiger partial charge in [-0.25, -0.2) is 0 Å². The van der Waals surface area contributed by atoms with Crippen LogP contribution in [0.3, 0.4) is 0 Å². The van der Waals surface area contributed by atoms with E-state index in [1.165, 1.54) is 0 Å². The zero-order valence-electron chi connectivity index (χ0n) is 13.8. The van der Waals surface area contributed by atoms with Crippen LogP contribution in [-0.2, 0) is 7.05 Å². The van der Waals surface area contributed by atoms with E-state index in [1.807, 2.05) is 26.0 Å². The van der Waals surface area contributed by atoms with Gasteiger partial charge in [-0.2, -0.15) is 0 Å². The van der Waals surface area contributed by atoms with E-state index in [9.17, 15) is 4.79 Å². The van der Waals surface area contributed by atoms with Crippen LogP contribution >= 0.6 is 24.0 Å². The second kappa shape index (κ2) is 6.57. The molecule has 7 heteroatoms. The highest BCUT2D eigenvalue weighted by Gasteiger charge is 2.35. The highest BCUT2D eigenvalue weighted by molar-refractivity contribution is 6.31. The minimum Gasteiger partial charge on any atom is -0.487 e. The fraction of sp³-hybridized carbons (Fsp3) is 0.353. The quantitative estimate of drug-likeness (QED) is 0.792. The number of aromatic nitrogens is 1. The van der Waals surface area contributed by atoms with E-state index in [0.29, 0.717) is 22.8 Å². The SMILES string of the molecule is Cl.Cn1cc(Cl)cc1C(=O)NC1CC(C)(C)Oc2ccc(N)cc21. The van der Waals surface area contributed by atoms with Gasteiger partial charge >= 0.3 is 0 Å². The maximum Gasteiger partial charge on any atom is 0.268 e. The third kappa shape index (κ3) is 3.62. The number of ether oxygens (including phenoxy) is 1. The molecule has 24 heavy (non-hydrogen) atoms. The summed E-state index contributed by atoms with van der Waals surface area (Å²) in [5.74, 6) is 0.584. The van der Waals surface area contributed by atoms with Gasteiger partial charge in [-0.15, -0.1) is 12.4 Å². The zero-order chi connectivity index (χ0) is 16.8. The highest BCUT2D eigenvalue weighted by atomic mass is 35.5. The Hall–Kier alpha value is -1.85. The lowest BCUT2D eigenvalue weighted by Crippen LogP contribution is -2.41. The number of amides is 1. The van der Waals surface area contributed by atoms with Crippen molar-refractivity contribution in [2.75, 3.05) is 5.73 Å². The molecule has 1 atom stereocenters. The smallest absolute Gasteiger partial charge is 0.268 e. The first-order chi connectivity index (χ1) is 10.7. The fourth-order valence-electron chi connectivity index (χ4n) is 2.98. The van der Waals surface area contributed by atoms with Crippen LogP contribution in [0.1, 0.15) is 42.4 Å². The Labute approximate surface area is 152 Å². The lowest BCUT2D eigenvalue weighted by atomic mass is 9.89. The number of carbonyl (C=O) groups excluding carboxylic acids is 1. The number of rotatable bonds is 2. The molecule has 0 saturated heterocycles. The van der Waals surface area contributed by atoms with Gasteiger partial charge in [-0.1, -0.05) is 11.6 Å². The van der Waals surface area contributed by atoms with Crippen molar-refractivity contribution in [2.24, 2.45) is 7.05 Å². The van der Waals surface area contributed by atoms with Crippen molar-refractivity contribution in [2.45, 2.75) is 31.9 Å². The maximum atomic E-state index is 12.6. The molecule has 1 unspecified atom stereocenters. The number of hydrogen-bond acceptors (Lipinski definition) is 3. The Morgan fingerprint density at radius 1 is 1.42 bits per heavy atom. The largest absolute Gasteiger partial charge is 0.487 e. The van der Waals surface area contributed by atoms with E-state index in [0.717, 1.165) is 11.3 Å². The molecule has 1 aliphatic rings. The second-order valence-electron chi connectivity index (χ2n) is 6.54. The molecule has 1 aliphatic heterocycles. The molecule has 2 heterocycles. The molecule has 5 nitrogen and oxygen atoms in total. The van der Waals surface area contributed by atoms with Gasteiger partial charge in [0.05, 0.1) is 11.1 Å². The number of aryl methyl sites for hydroxylation is 1. The Bertz CT molecular complexity index is 771. The third-order valence-corrected chi connectivity index (χ3v) is 4.21. The highest BCUT2D eigenvalue weighted by Crippen LogP contribution is 2.40. The van der Waals surface area contributed by atoms with Crippen LogP contribution in [0.5, 0.6) is 5.75 Å². The van der Waals surface area contributed by atoms with E-state index in [4.69, 9.17) is 22.1 Å². The van der Waals surface area contributed by atoms with E-state index < -0.39 is 0 Å². The summed E-state index contributed by atoms with van der Waals surface area (Å²) < 4.78 is 7.70. The van der Waals surface area contributed by atoms with Gasteiger partial charge in [-0.05, 0) is 38.1 Å². The summed E-state index contributed by atoms with van der Waals surface area (Å²) in [5.41, 5.74) is 7.59. The number of benzene rings is 1. The van der Waals surface area contributed by atoms with Gasteiger partial charge in [0, 0.05) is 30.9 Å². The van der Waals surface area contributed by atoms with Crippen LogP contribution in [0.25, 0.3) is 0 Å². The first-order valence-electron chi connectivity index (χ1n) is 7.46. The van der Waals surface area contributed by atoms with Crippen LogP contribution in [0.15, 0.2) is 30.5 Å². The molecule has 0 bridgehead atoms. The van der Waals surface area contributed by atoms with Gasteiger partial charge in [-0.3, -0.25) is 4.79 Å². The molecule has 0 fully saturated rings. The average molecular weight is 370 g/mol. The molecular weight excluding hydrogens is 349 g/mol. The molecule has 3 N–H and O–H groups in total. The van der Waals surface area contributed by atoms with Crippen molar-refractivity contribution < 1.29 is 9.53 Å². The lowest BCUT2D eigenvalue weighted by molar-refractivity contribution is 0.0617. The predicted octanol–water partition coefficient (Wildman–Crippen LogP) is 3.71. The van der Waals surface area contributed by atoms with Gasteiger partial charge in [0.1, 0.15) is 17.0 Å². The Morgan fingerprint density at radius 3 is 2.75 bits per heavy atom. The number of fused-ring (bicyclic) bond motifs is 1. The minimum atomic E-state index is -0.368. The summed E-state index contributed by atoms with van der Waals surface area (Å²) in [6.07, 6.45) is 2.36. The number of nitrogen functional groups attached to an aromatic ring is 1. The number of nitrogens with two attached hydrogens (primary N) is 1. The summed E-state index contributed by atoms with van der Waals surface area (Å²) in [7, 11) is 1.79. The van der Waals surface area contributed by atoms with Gasteiger partial charge in [0.25, 0.3) is 5.91 Å². The van der Waals surface area contributed by atoms with Gasteiger partial charge < -0.3 is 20.4 Å². The zero-order valence-corrected chi connectivity index (χ0v) is 15.4. The molecule has 3 rings (SSSR count). The number of nitrogens with zero attached hydrogens (tertiary/aromatic N) is 1. The first-order valence-corrected chi connectivity index (χ1v) is 7.84. The molecular formula is C17H21Cl2N3O2. The van der Waals surface area contributed by atoms with Crippen LogP contribution in [0, 0.1) is 0 Å². The summed E-state index contributed by atoms with van der Waals surface area (Å²) >= 11 is 5.96. The van der Waals surface area contributed by atoms with E-state index in [2.05, 4.69) is 5.32 Å². The van der Waals surface area contributed by atoms with Crippen LogP contribution < -0.4 is 15.8 Å². The molecule has 130 valence electrons. The van der Waals surface area contributed by atoms with E-state index in [-0.39, 0.29) is 30.0 Å². The number of anilines is 1. The molecule has 0 aliphatic carbocycles. The van der Waals surface area contributed by atoms with E-state index in [1.54, 1.807) is 29.9 Å². The molecule has 2 aromatic rings. The number of carbonyl (C=O) groups is 1. The Kier molecular flexibility index (Phi) is 5.06. The molecule has 1 aromatic heterocycles. The lowest BCUT2D eigenvalue weighted by Gasteiger charge is -2.38. The van der Waals surface area contributed by atoms with E-state index >= 15 is 0 Å². The topological polar surface area (TPSA) is 69.3 Å². The van der Waals surface area contributed by atoms with Crippen molar-refractivity contribution in [3.63, 3.8) is 0 Å². The van der Waals surface area contributed by atoms with Crippen molar-refractivity contribution >= 4 is 35.6 Å². The molecule has 0 spiro atoms. The van der Waals surface area contributed by atoms with Crippen molar-refractivity contribution in [3.8, 4) is 5.75 Å². The van der Waals surface area contributed by atoms with Crippen LogP contribution in [0.2, 0.25) is 5.02 Å². The predicted molar refractivity (Wildman–Crippen MR) is 98.1 cm³/mol. The van der Waals surface area contributed by atoms with Crippen LogP contribution in [0.4, 0.5) is 5.69 Å². The van der Waals surface area contributed by atoms with Crippen molar-refractivity contribution in [1.29, 1.82) is 0 Å². The fourth-order valence-corrected chi connectivity index (χ4v) is 3.23. The summed E-state index contributed by atoms with van der Waals surface area (Å²) in [6.45, 7) is 4.01. The average Bonchev–Trinajstić information content (AvgIpc) is 2.78. The summed E-state index contributed by atoms with van der Waals surface area (Å²) in [6, 6.07) is 6.99. The van der Waals surface area contributed by atoms with Crippen LogP contribution in [-0.4, -0.2) is 16.1 Å². The van der Waals surface area contributed by atoms with Gasteiger partial charge in [0.15, 0.2) is 0 Å². The normalized spacial score (nSPS) is 18.1. The molecule has 1 aromatic carbocycles. The van der Waals surface area contributed by atoms with Crippen molar-refractivity contribution in [1.82, 2.24) is 9.88 Å². The molecule has 0 saturated carbocycles. The minimum absolute atomic E-state index is 0. The Balaban J connectivity index is 0.00000208. The number of hydrogen-bond donors (Lipinski definition) is 2.